The van der Waals surface area contributed by atoms with Gasteiger partial charge in [0.1, 0.15) is 0 Å². The van der Waals surface area contributed by atoms with E-state index in [1.807, 2.05) is 0 Å². The van der Waals surface area contributed by atoms with E-state index in [0.717, 1.165) is 0 Å². The van der Waals surface area contributed by atoms with Gasteiger partial charge in [-0.1, -0.05) is 30.3 Å². The first-order chi connectivity index (χ1) is 8.45. The molecule has 1 aliphatic rings. The van der Waals surface area contributed by atoms with Crippen LogP contribution in [0.15, 0.2) is 66.7 Å². The van der Waals surface area contributed by atoms with Gasteiger partial charge in [0.25, 0.3) is 0 Å². The quantitative estimate of drug-likeness (QED) is 0.371. The van der Waals surface area contributed by atoms with Crippen LogP contribution in [0.3, 0.4) is 0 Å². The number of rotatable bonds is 0. The van der Waals surface area contributed by atoms with Crippen molar-refractivity contribution in [2.24, 2.45) is 0 Å². The van der Waals surface area contributed by atoms with Gasteiger partial charge < -0.3 is 0 Å². The maximum atomic E-state index is 2.22. The molecule has 0 heteroatoms. The van der Waals surface area contributed by atoms with Gasteiger partial charge in [-0.2, -0.15) is 0 Å². The fourth-order valence-corrected chi connectivity index (χ4v) is 2.81. The van der Waals surface area contributed by atoms with Crippen LogP contribution >= 0.6 is 0 Å². The lowest BCUT2D eigenvalue weighted by molar-refractivity contribution is 1.76. The van der Waals surface area contributed by atoms with Crippen molar-refractivity contribution >= 4 is 10.8 Å². The van der Waals surface area contributed by atoms with E-state index < -0.39 is 0 Å². The fraction of sp³-hybridized carbons (Fsp3) is 0. The Balaban J connectivity index is 2.29. The molecule has 0 heterocycles. The molecule has 0 atom stereocenters. The van der Waals surface area contributed by atoms with Crippen LogP contribution in [0.4, 0.5) is 0 Å². The van der Waals surface area contributed by atoms with Gasteiger partial charge >= 0.3 is 0 Å². The minimum absolute atomic E-state index is 1.33. The molecule has 17 heavy (non-hydrogen) atoms. The van der Waals surface area contributed by atoms with Crippen LogP contribution in [0, 0.1) is 0 Å². The third-order valence-corrected chi connectivity index (χ3v) is 3.52. The Hall–Kier alpha value is -2.21. The Morgan fingerprint density at radius 1 is 0.647 bits per heavy atom. The van der Waals surface area contributed by atoms with Crippen LogP contribution in [-0.2, 0) is 0 Å². The summed E-state index contributed by atoms with van der Waals surface area (Å²) in [6.45, 7) is 0. The molecule has 4 rings (SSSR count). The fourth-order valence-electron chi connectivity index (χ4n) is 2.81. The van der Waals surface area contributed by atoms with Crippen molar-refractivity contribution in [2.45, 2.75) is 0 Å². The summed E-state index contributed by atoms with van der Waals surface area (Å²) in [5, 5.41) is 2.73. The highest BCUT2D eigenvalue weighted by Crippen LogP contribution is 2.46. The van der Waals surface area contributed by atoms with E-state index in [1.165, 1.54) is 33.0 Å². The summed E-state index contributed by atoms with van der Waals surface area (Å²) >= 11 is 0. The molecular weight excluding hydrogens is 204 g/mol. The smallest absolute Gasteiger partial charge is 0.0610 e. The van der Waals surface area contributed by atoms with E-state index in [9.17, 15) is 0 Å². The van der Waals surface area contributed by atoms with Gasteiger partial charge in [-0.25, -0.2) is 0 Å². The number of benzene rings is 2. The normalized spacial score (nSPS) is 11.5. The minimum Gasteiger partial charge on any atom is -0.0610 e. The first-order valence-corrected chi connectivity index (χ1v) is 5.90. The Morgan fingerprint density at radius 3 is 2.18 bits per heavy atom. The zero-order valence-corrected chi connectivity index (χ0v) is 9.35. The molecule has 0 fully saturated rings. The standard InChI is InChI=1S/C17H11/c1-2-8-13-14(9-3-1)16-11-5-7-12-6-4-10-15(13)17(12)16/h1-11H/q+1. The Labute approximate surface area is 100 Å². The SMILES string of the molecule is c1c[cH+]cc2c(c1)-c1cccc3cccc-2c13. The van der Waals surface area contributed by atoms with Gasteiger partial charge in [-0.3, -0.25) is 0 Å². The Morgan fingerprint density at radius 2 is 1.35 bits per heavy atom. The molecule has 0 amide bonds. The zero-order chi connectivity index (χ0) is 11.2. The molecule has 1 aliphatic carbocycles. The second-order valence-corrected chi connectivity index (χ2v) is 4.45. The predicted octanol–water partition coefficient (Wildman–Crippen LogP) is 4.77. The molecule has 0 nitrogen and oxygen atoms in total. The number of fused-ring (bicyclic) bond motifs is 3. The summed E-state index contributed by atoms with van der Waals surface area (Å²) in [5.41, 5.74) is 5.43. The summed E-state index contributed by atoms with van der Waals surface area (Å²) in [6, 6.07) is 23.8. The van der Waals surface area contributed by atoms with Crippen LogP contribution in [0.25, 0.3) is 33.0 Å². The van der Waals surface area contributed by atoms with Crippen LogP contribution in [0.1, 0.15) is 0 Å². The molecule has 0 spiro atoms. The van der Waals surface area contributed by atoms with Crippen LogP contribution in [-0.4, -0.2) is 0 Å². The highest BCUT2D eigenvalue weighted by molar-refractivity contribution is 6.14. The number of hydrogen-bond donors (Lipinski definition) is 0. The summed E-state index contributed by atoms with van der Waals surface area (Å²) in [4.78, 5) is 0. The molecule has 0 aliphatic heterocycles. The largest absolute Gasteiger partial charge is 0.0802 e. The molecule has 78 valence electrons. The van der Waals surface area contributed by atoms with Crippen LogP contribution in [0.5, 0.6) is 0 Å². The molecule has 0 saturated heterocycles. The lowest BCUT2D eigenvalue weighted by Gasteiger charge is -1.98. The van der Waals surface area contributed by atoms with Crippen molar-refractivity contribution in [3.8, 4) is 22.3 Å². The lowest BCUT2D eigenvalue weighted by Crippen LogP contribution is -1.74. The van der Waals surface area contributed by atoms with Crippen molar-refractivity contribution in [3.63, 3.8) is 0 Å². The lowest BCUT2D eigenvalue weighted by atomic mass is 10.0. The maximum Gasteiger partial charge on any atom is 0.0802 e. The third kappa shape index (κ3) is 1.10. The minimum atomic E-state index is 1.33. The van der Waals surface area contributed by atoms with Gasteiger partial charge in [0.05, 0.1) is 17.2 Å². The molecule has 0 bridgehead atoms. The molecule has 0 radical (unpaired) electrons. The van der Waals surface area contributed by atoms with E-state index in [0.29, 0.717) is 0 Å². The average Bonchev–Trinajstić information content (AvgIpc) is 2.55. The van der Waals surface area contributed by atoms with E-state index in [-0.39, 0.29) is 0 Å². The van der Waals surface area contributed by atoms with Crippen molar-refractivity contribution in [3.05, 3.63) is 66.7 Å². The predicted molar refractivity (Wildman–Crippen MR) is 72.8 cm³/mol. The molecule has 0 aromatic heterocycles. The second-order valence-electron chi connectivity index (χ2n) is 4.45. The van der Waals surface area contributed by atoms with Gasteiger partial charge in [0.15, 0.2) is 0 Å². The Bertz CT molecular complexity index is 687. The topological polar surface area (TPSA) is 0 Å². The van der Waals surface area contributed by atoms with Gasteiger partial charge in [0.2, 0.25) is 0 Å². The van der Waals surface area contributed by atoms with Crippen molar-refractivity contribution in [1.82, 2.24) is 0 Å². The highest BCUT2D eigenvalue weighted by Gasteiger charge is 2.23. The van der Waals surface area contributed by atoms with E-state index in [2.05, 4.69) is 66.7 Å². The van der Waals surface area contributed by atoms with Gasteiger partial charge in [0, 0.05) is 40.8 Å². The highest BCUT2D eigenvalue weighted by atomic mass is 14.2. The molecule has 0 unspecified atom stereocenters. The van der Waals surface area contributed by atoms with Crippen molar-refractivity contribution in [2.75, 3.05) is 0 Å². The van der Waals surface area contributed by atoms with Crippen LogP contribution < -0.4 is 0 Å². The summed E-state index contributed by atoms with van der Waals surface area (Å²) in [6.07, 6.45) is 0. The molecule has 3 aromatic carbocycles. The summed E-state index contributed by atoms with van der Waals surface area (Å²) in [7, 11) is 0. The first kappa shape index (κ1) is 8.89. The van der Waals surface area contributed by atoms with Crippen molar-refractivity contribution < 1.29 is 0 Å². The molecular formula is C17H11+. The van der Waals surface area contributed by atoms with E-state index in [1.54, 1.807) is 0 Å². The third-order valence-electron chi connectivity index (χ3n) is 3.52. The maximum absolute atomic E-state index is 2.22. The second kappa shape index (κ2) is 3.14. The number of hydrogen-bond acceptors (Lipinski definition) is 0. The van der Waals surface area contributed by atoms with Gasteiger partial charge in [-0.15, -0.1) is 0 Å². The molecule has 0 saturated carbocycles. The molecule has 3 aromatic rings. The van der Waals surface area contributed by atoms with Crippen molar-refractivity contribution in [1.29, 1.82) is 0 Å². The van der Waals surface area contributed by atoms with Gasteiger partial charge in [-0.05, 0) is 11.5 Å². The van der Waals surface area contributed by atoms with Crippen LogP contribution in [0.2, 0.25) is 0 Å². The average molecular weight is 215 g/mol. The zero-order valence-electron chi connectivity index (χ0n) is 9.35. The summed E-state index contributed by atoms with van der Waals surface area (Å²) < 4.78 is 0. The molecule has 0 N–H and O–H groups in total. The monoisotopic (exact) mass is 215 g/mol. The Kier molecular flexibility index (Phi) is 1.64. The summed E-state index contributed by atoms with van der Waals surface area (Å²) in [5.74, 6) is 0. The van der Waals surface area contributed by atoms with E-state index >= 15 is 0 Å². The first-order valence-electron chi connectivity index (χ1n) is 5.90. The van der Waals surface area contributed by atoms with E-state index in [4.69, 9.17) is 0 Å².